The Hall–Kier alpha value is -1.46. The fourth-order valence-corrected chi connectivity index (χ4v) is 2.73. The topological polar surface area (TPSA) is 47.9 Å². The standard InChI is InChI=1S/C17H28O4Si/c1-9-13(18)12-10-14(19-5)16(15(11-12)20-6)21-22(7,8)17(2,3)4/h9-11,13,18H,1H2,2-8H3/t13-/m0/s1. The van der Waals surface area contributed by atoms with E-state index < -0.39 is 14.4 Å². The molecule has 1 aromatic carbocycles. The predicted octanol–water partition coefficient (Wildman–Crippen LogP) is 4.31. The van der Waals surface area contributed by atoms with E-state index in [1.807, 2.05) is 0 Å². The molecule has 1 rings (SSSR count). The Labute approximate surface area is 134 Å². The minimum absolute atomic E-state index is 0.0579. The molecule has 22 heavy (non-hydrogen) atoms. The fourth-order valence-electron chi connectivity index (χ4n) is 1.72. The van der Waals surface area contributed by atoms with E-state index in [2.05, 4.69) is 40.4 Å². The highest BCUT2D eigenvalue weighted by atomic mass is 28.4. The third kappa shape index (κ3) is 3.84. The van der Waals surface area contributed by atoms with Crippen molar-refractivity contribution in [2.24, 2.45) is 0 Å². The molecule has 5 heteroatoms. The number of ether oxygens (including phenoxy) is 2. The largest absolute Gasteiger partial charge is 0.539 e. The zero-order valence-electron chi connectivity index (χ0n) is 14.7. The van der Waals surface area contributed by atoms with Crippen LogP contribution in [0.2, 0.25) is 18.1 Å². The summed E-state index contributed by atoms with van der Waals surface area (Å²) in [5.41, 5.74) is 0.659. The van der Waals surface area contributed by atoms with Crippen molar-refractivity contribution < 1.29 is 19.0 Å². The summed E-state index contributed by atoms with van der Waals surface area (Å²) >= 11 is 0. The Balaban J connectivity index is 3.38. The molecule has 0 unspecified atom stereocenters. The summed E-state index contributed by atoms with van der Waals surface area (Å²) in [7, 11) is 1.12. The lowest BCUT2D eigenvalue weighted by atomic mass is 10.1. The maximum Gasteiger partial charge on any atom is 0.250 e. The van der Waals surface area contributed by atoms with Crippen LogP contribution >= 0.6 is 0 Å². The number of benzene rings is 1. The number of aliphatic hydroxyl groups excluding tert-OH is 1. The van der Waals surface area contributed by atoms with Gasteiger partial charge in [0.25, 0.3) is 8.32 Å². The van der Waals surface area contributed by atoms with E-state index in [0.29, 0.717) is 22.8 Å². The van der Waals surface area contributed by atoms with Crippen molar-refractivity contribution in [1.29, 1.82) is 0 Å². The Kier molecular flexibility index (Phi) is 5.70. The van der Waals surface area contributed by atoms with Gasteiger partial charge in [0.15, 0.2) is 17.2 Å². The summed E-state index contributed by atoms with van der Waals surface area (Å²) < 4.78 is 17.3. The van der Waals surface area contributed by atoms with Gasteiger partial charge in [0.05, 0.1) is 20.3 Å². The van der Waals surface area contributed by atoms with Crippen molar-refractivity contribution in [2.45, 2.75) is 45.0 Å². The molecule has 0 fully saturated rings. The molecule has 0 saturated heterocycles. The smallest absolute Gasteiger partial charge is 0.250 e. The van der Waals surface area contributed by atoms with E-state index in [1.165, 1.54) is 6.08 Å². The highest BCUT2D eigenvalue weighted by Crippen LogP contribution is 2.45. The molecule has 4 nitrogen and oxygen atoms in total. The molecule has 0 spiro atoms. The van der Waals surface area contributed by atoms with Gasteiger partial charge in [-0.1, -0.05) is 26.8 Å². The van der Waals surface area contributed by atoms with Crippen LogP contribution in [0.1, 0.15) is 32.4 Å². The maximum absolute atomic E-state index is 9.96. The molecule has 0 radical (unpaired) electrons. The molecule has 0 heterocycles. The Morgan fingerprint density at radius 2 is 1.59 bits per heavy atom. The van der Waals surface area contributed by atoms with Crippen molar-refractivity contribution in [2.75, 3.05) is 14.2 Å². The lowest BCUT2D eigenvalue weighted by molar-refractivity contribution is 0.227. The quantitative estimate of drug-likeness (QED) is 0.626. The SMILES string of the molecule is C=C[C@H](O)c1cc(OC)c(O[Si](C)(C)C(C)(C)C)c(OC)c1. The summed E-state index contributed by atoms with van der Waals surface area (Å²) in [6.07, 6.45) is 0.687. The van der Waals surface area contributed by atoms with Gasteiger partial charge in [0.2, 0.25) is 0 Å². The monoisotopic (exact) mass is 324 g/mol. The molecule has 1 aromatic rings. The first-order valence-corrected chi connectivity index (χ1v) is 10.2. The van der Waals surface area contributed by atoms with Crippen molar-refractivity contribution in [1.82, 2.24) is 0 Å². The minimum atomic E-state index is -2.04. The molecule has 0 bridgehead atoms. The summed E-state index contributed by atoms with van der Waals surface area (Å²) in [5, 5.41) is 10.0. The number of aliphatic hydroxyl groups is 1. The molecule has 0 saturated carbocycles. The summed E-state index contributed by atoms with van der Waals surface area (Å²) in [6, 6.07) is 3.52. The highest BCUT2D eigenvalue weighted by Gasteiger charge is 2.40. The van der Waals surface area contributed by atoms with Gasteiger partial charge in [-0.15, -0.1) is 6.58 Å². The molecule has 0 aliphatic rings. The van der Waals surface area contributed by atoms with E-state index in [4.69, 9.17) is 13.9 Å². The molecule has 0 amide bonds. The van der Waals surface area contributed by atoms with Crippen LogP contribution in [-0.2, 0) is 0 Å². The van der Waals surface area contributed by atoms with Gasteiger partial charge < -0.3 is 19.0 Å². The van der Waals surface area contributed by atoms with Gasteiger partial charge in [-0.25, -0.2) is 0 Å². The Morgan fingerprint density at radius 1 is 1.14 bits per heavy atom. The van der Waals surface area contributed by atoms with Crippen molar-refractivity contribution >= 4 is 8.32 Å². The maximum atomic E-state index is 9.96. The lowest BCUT2D eigenvalue weighted by Gasteiger charge is -2.37. The van der Waals surface area contributed by atoms with Gasteiger partial charge >= 0.3 is 0 Å². The molecule has 1 N–H and O–H groups in total. The van der Waals surface area contributed by atoms with E-state index in [1.54, 1.807) is 26.4 Å². The van der Waals surface area contributed by atoms with Gasteiger partial charge in [0, 0.05) is 0 Å². The third-order valence-electron chi connectivity index (χ3n) is 4.21. The molecular formula is C17H28O4Si. The number of hydrogen-bond donors (Lipinski definition) is 1. The Bertz CT molecular complexity index is 507. The first kappa shape index (κ1) is 18.6. The van der Waals surface area contributed by atoms with Crippen LogP contribution in [0, 0.1) is 0 Å². The average Bonchev–Trinajstić information content (AvgIpc) is 2.44. The van der Waals surface area contributed by atoms with Crippen LogP contribution in [0.3, 0.4) is 0 Å². The lowest BCUT2D eigenvalue weighted by Crippen LogP contribution is -2.44. The van der Waals surface area contributed by atoms with Gasteiger partial charge in [-0.3, -0.25) is 0 Å². The van der Waals surface area contributed by atoms with Crippen molar-refractivity contribution in [3.63, 3.8) is 0 Å². The van der Waals surface area contributed by atoms with Crippen molar-refractivity contribution in [3.05, 3.63) is 30.4 Å². The zero-order valence-corrected chi connectivity index (χ0v) is 15.7. The first-order chi connectivity index (χ1) is 10.1. The van der Waals surface area contributed by atoms with Crippen LogP contribution in [0.5, 0.6) is 17.2 Å². The predicted molar refractivity (Wildman–Crippen MR) is 92.5 cm³/mol. The van der Waals surface area contributed by atoms with Gasteiger partial charge in [0.1, 0.15) is 0 Å². The second kappa shape index (κ2) is 6.75. The normalized spacial score (nSPS) is 13.5. The summed E-state index contributed by atoms with van der Waals surface area (Å²) in [5.74, 6) is 1.71. The molecule has 0 aliphatic heterocycles. The Morgan fingerprint density at radius 3 is 1.91 bits per heavy atom. The van der Waals surface area contributed by atoms with Crippen LogP contribution in [0.25, 0.3) is 0 Å². The van der Waals surface area contributed by atoms with Crippen LogP contribution in [-0.4, -0.2) is 27.6 Å². The molecule has 124 valence electrons. The van der Waals surface area contributed by atoms with Crippen LogP contribution in [0.15, 0.2) is 24.8 Å². The van der Waals surface area contributed by atoms with Gasteiger partial charge in [-0.05, 0) is 35.8 Å². The zero-order chi connectivity index (χ0) is 17.1. The van der Waals surface area contributed by atoms with Crippen LogP contribution in [0.4, 0.5) is 0 Å². The molecular weight excluding hydrogens is 296 g/mol. The summed E-state index contributed by atoms with van der Waals surface area (Å²) in [6.45, 7) is 14.5. The third-order valence-corrected chi connectivity index (χ3v) is 8.54. The van der Waals surface area contributed by atoms with E-state index >= 15 is 0 Å². The van der Waals surface area contributed by atoms with Crippen LogP contribution < -0.4 is 13.9 Å². The van der Waals surface area contributed by atoms with Gasteiger partial charge in [-0.2, -0.15) is 0 Å². The molecule has 0 aromatic heterocycles. The summed E-state index contributed by atoms with van der Waals surface area (Å²) in [4.78, 5) is 0. The second-order valence-electron chi connectivity index (χ2n) is 6.80. The van der Waals surface area contributed by atoms with Crippen molar-refractivity contribution in [3.8, 4) is 17.2 Å². The molecule has 0 aliphatic carbocycles. The highest BCUT2D eigenvalue weighted by molar-refractivity contribution is 6.74. The average molecular weight is 324 g/mol. The first-order valence-electron chi connectivity index (χ1n) is 7.33. The number of hydrogen-bond acceptors (Lipinski definition) is 4. The van der Waals surface area contributed by atoms with E-state index in [9.17, 15) is 5.11 Å². The number of rotatable bonds is 6. The fraction of sp³-hybridized carbons (Fsp3) is 0.529. The second-order valence-corrected chi connectivity index (χ2v) is 11.5. The molecule has 1 atom stereocenters. The number of methoxy groups -OCH3 is 2. The van der Waals surface area contributed by atoms with E-state index in [-0.39, 0.29) is 5.04 Å². The van der Waals surface area contributed by atoms with E-state index in [0.717, 1.165) is 0 Å². The minimum Gasteiger partial charge on any atom is -0.539 e.